The summed E-state index contributed by atoms with van der Waals surface area (Å²) in [7, 11) is 0. The fourth-order valence-corrected chi connectivity index (χ4v) is 2.76. The van der Waals surface area contributed by atoms with Gasteiger partial charge in [-0.05, 0) is 43.5 Å². The van der Waals surface area contributed by atoms with Crippen LogP contribution in [0.3, 0.4) is 0 Å². The van der Waals surface area contributed by atoms with Crippen molar-refractivity contribution in [3.63, 3.8) is 0 Å². The molecule has 0 aromatic heterocycles. The number of nitrogens with two attached hydrogens (primary N) is 1. The van der Waals surface area contributed by atoms with Crippen molar-refractivity contribution < 1.29 is 9.13 Å². The molecule has 1 unspecified atom stereocenters. The number of nitrogens with zero attached hydrogens (tertiary/aromatic N) is 1. The molecule has 0 saturated carbocycles. The van der Waals surface area contributed by atoms with Crippen LogP contribution in [0.5, 0.6) is 0 Å². The maximum absolute atomic E-state index is 13.3. The van der Waals surface area contributed by atoms with Crippen LogP contribution in [0.15, 0.2) is 18.2 Å². The molecule has 1 atom stereocenters. The van der Waals surface area contributed by atoms with Crippen molar-refractivity contribution in [2.75, 3.05) is 19.7 Å². The smallest absolute Gasteiger partial charge is 0.123 e. The number of piperidine rings is 1. The molecule has 0 spiro atoms. The lowest BCUT2D eigenvalue weighted by Gasteiger charge is -2.33. The standard InChI is InChI=1S/C16H24FN3O/c1-2-8-21-14-4-3-7-20(11-14)10-12-5-6-13(17)9-15(12)16(18)19/h5-6,9,14H,2-4,7-8,10-11H2,1H3,(H3,18,19). The van der Waals surface area contributed by atoms with Crippen LogP contribution in [0.25, 0.3) is 0 Å². The van der Waals surface area contributed by atoms with Gasteiger partial charge in [0.15, 0.2) is 0 Å². The van der Waals surface area contributed by atoms with Crippen LogP contribution in [-0.2, 0) is 11.3 Å². The first kappa shape index (κ1) is 15.9. The fourth-order valence-electron chi connectivity index (χ4n) is 2.76. The minimum absolute atomic E-state index is 0.0831. The summed E-state index contributed by atoms with van der Waals surface area (Å²) in [6, 6.07) is 4.49. The zero-order valence-electron chi connectivity index (χ0n) is 12.6. The number of ether oxygens (including phenoxy) is 1. The topological polar surface area (TPSA) is 62.3 Å². The second kappa shape index (κ2) is 7.52. The minimum Gasteiger partial charge on any atom is -0.384 e. The Morgan fingerprint density at radius 2 is 2.33 bits per heavy atom. The van der Waals surface area contributed by atoms with Crippen molar-refractivity contribution >= 4 is 5.84 Å². The van der Waals surface area contributed by atoms with E-state index in [0.29, 0.717) is 12.1 Å². The van der Waals surface area contributed by atoms with E-state index < -0.39 is 0 Å². The van der Waals surface area contributed by atoms with Crippen molar-refractivity contribution in [3.8, 4) is 0 Å². The SMILES string of the molecule is CCCOC1CCCN(Cc2ccc(F)cc2C(=N)N)C1. The van der Waals surface area contributed by atoms with Crippen molar-refractivity contribution in [2.45, 2.75) is 38.8 Å². The molecule has 1 heterocycles. The number of hydrogen-bond donors (Lipinski definition) is 2. The summed E-state index contributed by atoms with van der Waals surface area (Å²) in [5.41, 5.74) is 6.95. The van der Waals surface area contributed by atoms with Gasteiger partial charge >= 0.3 is 0 Å². The average molecular weight is 293 g/mol. The van der Waals surface area contributed by atoms with E-state index >= 15 is 0 Å². The molecule has 0 radical (unpaired) electrons. The molecule has 0 aliphatic carbocycles. The average Bonchev–Trinajstić information content (AvgIpc) is 2.47. The van der Waals surface area contributed by atoms with Crippen LogP contribution >= 0.6 is 0 Å². The first-order valence-corrected chi connectivity index (χ1v) is 7.57. The third-order valence-electron chi connectivity index (χ3n) is 3.78. The van der Waals surface area contributed by atoms with Gasteiger partial charge in [0.2, 0.25) is 0 Å². The number of nitrogens with one attached hydrogen (secondary N) is 1. The van der Waals surface area contributed by atoms with Gasteiger partial charge in [-0.3, -0.25) is 10.3 Å². The monoisotopic (exact) mass is 293 g/mol. The van der Waals surface area contributed by atoms with E-state index in [2.05, 4.69) is 11.8 Å². The highest BCUT2D eigenvalue weighted by Crippen LogP contribution is 2.19. The lowest BCUT2D eigenvalue weighted by Crippen LogP contribution is -2.39. The molecule has 5 heteroatoms. The zero-order chi connectivity index (χ0) is 15.2. The molecule has 0 amide bonds. The third kappa shape index (κ3) is 4.51. The van der Waals surface area contributed by atoms with Crippen LogP contribution in [0.4, 0.5) is 4.39 Å². The maximum Gasteiger partial charge on any atom is 0.123 e. The van der Waals surface area contributed by atoms with Gasteiger partial charge < -0.3 is 10.5 Å². The number of likely N-dealkylation sites (tertiary alicyclic amines) is 1. The second-order valence-electron chi connectivity index (χ2n) is 5.59. The molecule has 2 rings (SSSR count). The highest BCUT2D eigenvalue weighted by Gasteiger charge is 2.21. The Balaban J connectivity index is 2.02. The molecule has 1 fully saturated rings. The fraction of sp³-hybridized carbons (Fsp3) is 0.562. The number of hydrogen-bond acceptors (Lipinski definition) is 3. The summed E-state index contributed by atoms with van der Waals surface area (Å²) < 4.78 is 19.1. The minimum atomic E-state index is -0.355. The van der Waals surface area contributed by atoms with E-state index in [1.807, 2.05) is 0 Å². The number of benzene rings is 1. The van der Waals surface area contributed by atoms with Crippen LogP contribution in [-0.4, -0.2) is 36.5 Å². The highest BCUT2D eigenvalue weighted by molar-refractivity contribution is 5.96. The van der Waals surface area contributed by atoms with E-state index in [9.17, 15) is 4.39 Å². The van der Waals surface area contributed by atoms with Gasteiger partial charge in [0.25, 0.3) is 0 Å². The molecule has 1 aromatic rings. The highest BCUT2D eigenvalue weighted by atomic mass is 19.1. The Hall–Kier alpha value is -1.46. The number of halogens is 1. The lowest BCUT2D eigenvalue weighted by molar-refractivity contribution is -0.00224. The summed E-state index contributed by atoms with van der Waals surface area (Å²) in [5.74, 6) is -0.438. The van der Waals surface area contributed by atoms with Gasteiger partial charge in [0, 0.05) is 25.3 Å². The Labute approximate surface area is 125 Å². The predicted octanol–water partition coefficient (Wildman–Crippen LogP) is 2.50. The number of amidine groups is 1. The van der Waals surface area contributed by atoms with Crippen molar-refractivity contribution in [2.24, 2.45) is 5.73 Å². The van der Waals surface area contributed by atoms with Gasteiger partial charge in [-0.25, -0.2) is 4.39 Å². The molecule has 1 aliphatic heterocycles. The largest absolute Gasteiger partial charge is 0.384 e. The quantitative estimate of drug-likeness (QED) is 0.626. The summed E-state index contributed by atoms with van der Waals surface area (Å²) in [5, 5.41) is 7.59. The second-order valence-corrected chi connectivity index (χ2v) is 5.59. The van der Waals surface area contributed by atoms with Gasteiger partial charge in [-0.15, -0.1) is 0 Å². The number of nitrogen functional groups attached to an aromatic ring is 1. The van der Waals surface area contributed by atoms with E-state index in [1.54, 1.807) is 6.07 Å². The zero-order valence-corrected chi connectivity index (χ0v) is 12.6. The molecule has 4 nitrogen and oxygen atoms in total. The van der Waals surface area contributed by atoms with Gasteiger partial charge in [0.1, 0.15) is 11.7 Å². The third-order valence-corrected chi connectivity index (χ3v) is 3.78. The van der Waals surface area contributed by atoms with E-state index in [-0.39, 0.29) is 17.8 Å². The van der Waals surface area contributed by atoms with Gasteiger partial charge in [-0.1, -0.05) is 13.0 Å². The maximum atomic E-state index is 13.3. The summed E-state index contributed by atoms with van der Waals surface area (Å²) in [6.07, 6.45) is 3.51. The molecule has 0 bridgehead atoms. The van der Waals surface area contributed by atoms with E-state index in [0.717, 1.165) is 44.5 Å². The normalized spacial score (nSPS) is 19.6. The van der Waals surface area contributed by atoms with Gasteiger partial charge in [0.05, 0.1) is 6.10 Å². The van der Waals surface area contributed by atoms with E-state index in [4.69, 9.17) is 15.9 Å². The van der Waals surface area contributed by atoms with Crippen LogP contribution in [0.2, 0.25) is 0 Å². The van der Waals surface area contributed by atoms with Crippen LogP contribution in [0, 0.1) is 11.2 Å². The van der Waals surface area contributed by atoms with Gasteiger partial charge in [-0.2, -0.15) is 0 Å². The van der Waals surface area contributed by atoms with Crippen LogP contribution in [0.1, 0.15) is 37.3 Å². The summed E-state index contributed by atoms with van der Waals surface area (Å²) in [4.78, 5) is 2.30. The van der Waals surface area contributed by atoms with Crippen LogP contribution < -0.4 is 5.73 Å². The summed E-state index contributed by atoms with van der Waals surface area (Å²) >= 11 is 0. The molecule has 116 valence electrons. The van der Waals surface area contributed by atoms with Crippen molar-refractivity contribution in [1.82, 2.24) is 4.90 Å². The first-order valence-electron chi connectivity index (χ1n) is 7.57. The first-order chi connectivity index (χ1) is 10.1. The molecule has 21 heavy (non-hydrogen) atoms. The Morgan fingerprint density at radius 1 is 1.52 bits per heavy atom. The number of rotatable bonds is 6. The Kier molecular flexibility index (Phi) is 5.70. The predicted molar refractivity (Wildman–Crippen MR) is 82.0 cm³/mol. The molecule has 3 N–H and O–H groups in total. The molecule has 1 aliphatic rings. The lowest BCUT2D eigenvalue weighted by atomic mass is 10.0. The van der Waals surface area contributed by atoms with Crippen molar-refractivity contribution in [1.29, 1.82) is 5.41 Å². The Morgan fingerprint density at radius 3 is 3.05 bits per heavy atom. The Bertz CT molecular complexity index is 492. The molecule has 1 aromatic carbocycles. The molecule has 1 saturated heterocycles. The molecular formula is C16H24FN3O. The summed E-state index contributed by atoms with van der Waals surface area (Å²) in [6.45, 7) is 5.47. The molecular weight excluding hydrogens is 269 g/mol. The van der Waals surface area contributed by atoms with Crippen molar-refractivity contribution in [3.05, 3.63) is 35.1 Å². The van der Waals surface area contributed by atoms with E-state index in [1.165, 1.54) is 12.1 Å².